The predicted octanol–water partition coefficient (Wildman–Crippen LogP) is -0.651. The number of amides is 1. The number of aliphatic imine (C=N–C) groups is 1. The van der Waals surface area contributed by atoms with Crippen LogP contribution >= 0.6 is 0 Å². The minimum Gasteiger partial charge on any atom is -0.391 e. The van der Waals surface area contributed by atoms with Crippen LogP contribution in [0.1, 0.15) is 45.4 Å². The lowest BCUT2D eigenvalue weighted by atomic mass is 10.1. The van der Waals surface area contributed by atoms with E-state index in [1.807, 2.05) is 6.92 Å². The smallest absolute Gasteiger partial charge is 0.240 e. The van der Waals surface area contributed by atoms with Crippen LogP contribution in [-0.4, -0.2) is 66.0 Å². The van der Waals surface area contributed by atoms with Gasteiger partial charge in [-0.1, -0.05) is 13.3 Å². The second kappa shape index (κ2) is 11.0. The number of hydrogen-bond acceptors (Lipinski definition) is 5. The maximum Gasteiger partial charge on any atom is 0.240 e. The van der Waals surface area contributed by atoms with Gasteiger partial charge < -0.3 is 31.6 Å². The number of aliphatic hydroxyl groups is 1. The Hall–Kier alpha value is -1.67. The lowest BCUT2D eigenvalue weighted by molar-refractivity contribution is -0.140. The van der Waals surface area contributed by atoms with E-state index in [9.17, 15) is 14.7 Å². The molecule has 8 nitrogen and oxygen atoms in total. The standard InChI is InChI=1S/C16H31N5O3/c1-2-5-13(23)10-21(15(24)14-7-4-8-19-14)12(11-22)6-3-9-20-16(17)18/h11-14,19,23H,2-10H2,1H3,(H4,17,18,20)/t12-,13?,14-/m0/s1. The van der Waals surface area contributed by atoms with E-state index in [-0.39, 0.29) is 24.5 Å². The number of nitrogens with two attached hydrogens (primary N) is 2. The average molecular weight is 341 g/mol. The molecule has 1 unspecified atom stereocenters. The third kappa shape index (κ3) is 6.84. The Morgan fingerprint density at radius 1 is 1.46 bits per heavy atom. The Balaban J connectivity index is 2.73. The van der Waals surface area contributed by atoms with E-state index in [0.717, 1.165) is 32.1 Å². The number of hydrogen-bond donors (Lipinski definition) is 4. The SMILES string of the molecule is CCCC(O)CN(C(=O)[C@@H]1CCCN1)[C@H](C=O)CCCN=C(N)N. The third-order valence-electron chi connectivity index (χ3n) is 4.18. The van der Waals surface area contributed by atoms with Crippen molar-refractivity contribution in [3.63, 3.8) is 0 Å². The molecule has 0 bridgehead atoms. The van der Waals surface area contributed by atoms with E-state index in [1.54, 1.807) is 0 Å². The summed E-state index contributed by atoms with van der Waals surface area (Å²) >= 11 is 0. The molecule has 8 heteroatoms. The summed E-state index contributed by atoms with van der Waals surface area (Å²) < 4.78 is 0. The summed E-state index contributed by atoms with van der Waals surface area (Å²) in [6, 6.07) is -0.834. The van der Waals surface area contributed by atoms with Crippen molar-refractivity contribution in [3.8, 4) is 0 Å². The molecule has 1 aliphatic rings. The van der Waals surface area contributed by atoms with Gasteiger partial charge in [-0.15, -0.1) is 0 Å². The van der Waals surface area contributed by atoms with Crippen LogP contribution < -0.4 is 16.8 Å². The Morgan fingerprint density at radius 2 is 2.21 bits per heavy atom. The van der Waals surface area contributed by atoms with Gasteiger partial charge in [0.1, 0.15) is 6.29 Å². The lowest BCUT2D eigenvalue weighted by Gasteiger charge is -2.32. The molecule has 1 heterocycles. The summed E-state index contributed by atoms with van der Waals surface area (Å²) in [5.41, 5.74) is 10.6. The van der Waals surface area contributed by atoms with Crippen LogP contribution in [-0.2, 0) is 9.59 Å². The van der Waals surface area contributed by atoms with Gasteiger partial charge in [-0.05, 0) is 38.6 Å². The van der Waals surface area contributed by atoms with Crippen LogP contribution in [0, 0.1) is 0 Å². The molecule has 0 aromatic heterocycles. The van der Waals surface area contributed by atoms with Gasteiger partial charge in [0.15, 0.2) is 5.96 Å². The summed E-state index contributed by atoms with van der Waals surface area (Å²) in [6.45, 7) is 3.36. The molecule has 1 amide bonds. The Bertz CT molecular complexity index is 420. The predicted molar refractivity (Wildman–Crippen MR) is 93.4 cm³/mol. The highest BCUT2D eigenvalue weighted by atomic mass is 16.3. The summed E-state index contributed by atoms with van der Waals surface area (Å²) in [7, 11) is 0. The molecule has 0 aliphatic carbocycles. The van der Waals surface area contributed by atoms with Crippen LogP contribution in [0.4, 0.5) is 0 Å². The Morgan fingerprint density at radius 3 is 2.75 bits per heavy atom. The number of nitrogens with one attached hydrogen (secondary N) is 1. The van der Waals surface area contributed by atoms with Crippen molar-refractivity contribution in [1.29, 1.82) is 0 Å². The number of guanidine groups is 1. The second-order valence-corrected chi connectivity index (χ2v) is 6.23. The van der Waals surface area contributed by atoms with Gasteiger partial charge in [-0.25, -0.2) is 0 Å². The Labute approximate surface area is 143 Å². The fourth-order valence-electron chi connectivity index (χ4n) is 2.94. The number of aliphatic hydroxyl groups excluding tert-OH is 1. The topological polar surface area (TPSA) is 134 Å². The van der Waals surface area contributed by atoms with E-state index < -0.39 is 12.1 Å². The van der Waals surface area contributed by atoms with Gasteiger partial charge >= 0.3 is 0 Å². The molecule has 1 saturated heterocycles. The van der Waals surface area contributed by atoms with Crippen LogP contribution in [0.3, 0.4) is 0 Å². The van der Waals surface area contributed by atoms with Gasteiger partial charge in [0, 0.05) is 13.1 Å². The van der Waals surface area contributed by atoms with Crippen LogP contribution in [0.25, 0.3) is 0 Å². The van der Waals surface area contributed by atoms with E-state index in [2.05, 4.69) is 10.3 Å². The number of aldehydes is 1. The van der Waals surface area contributed by atoms with Crippen molar-refractivity contribution in [2.45, 2.75) is 63.6 Å². The first kappa shape index (κ1) is 20.4. The molecule has 24 heavy (non-hydrogen) atoms. The first-order valence-corrected chi connectivity index (χ1v) is 8.72. The minimum atomic E-state index is -0.625. The summed E-state index contributed by atoms with van der Waals surface area (Å²) in [5.74, 6) is -0.0966. The molecule has 1 aliphatic heterocycles. The molecular weight excluding hydrogens is 310 g/mol. The quantitative estimate of drug-likeness (QED) is 0.171. The molecule has 6 N–H and O–H groups in total. The molecule has 3 atom stereocenters. The van der Waals surface area contributed by atoms with Crippen molar-refractivity contribution in [2.75, 3.05) is 19.6 Å². The van der Waals surface area contributed by atoms with E-state index in [1.165, 1.54) is 4.90 Å². The van der Waals surface area contributed by atoms with Gasteiger partial charge in [0.25, 0.3) is 0 Å². The zero-order chi connectivity index (χ0) is 17.9. The van der Waals surface area contributed by atoms with Crippen molar-refractivity contribution < 1.29 is 14.7 Å². The van der Waals surface area contributed by atoms with Gasteiger partial charge in [0.05, 0.1) is 18.2 Å². The fourth-order valence-corrected chi connectivity index (χ4v) is 2.94. The highest BCUT2D eigenvalue weighted by Crippen LogP contribution is 2.15. The van der Waals surface area contributed by atoms with Crippen molar-refractivity contribution in [3.05, 3.63) is 0 Å². The molecule has 0 aromatic rings. The molecular formula is C16H31N5O3. The first-order chi connectivity index (χ1) is 11.5. The summed E-state index contributed by atoms with van der Waals surface area (Å²) in [4.78, 5) is 29.7. The molecule has 1 rings (SSSR count). The Kier molecular flexibility index (Phi) is 9.33. The van der Waals surface area contributed by atoms with Crippen molar-refractivity contribution >= 4 is 18.2 Å². The highest BCUT2D eigenvalue weighted by molar-refractivity contribution is 5.85. The molecule has 0 spiro atoms. The minimum absolute atomic E-state index is 0.0131. The largest absolute Gasteiger partial charge is 0.391 e. The lowest BCUT2D eigenvalue weighted by Crippen LogP contribution is -2.51. The van der Waals surface area contributed by atoms with Crippen molar-refractivity contribution in [2.24, 2.45) is 16.5 Å². The summed E-state index contributed by atoms with van der Waals surface area (Å²) in [5, 5.41) is 13.3. The second-order valence-electron chi connectivity index (χ2n) is 6.23. The van der Waals surface area contributed by atoms with E-state index in [0.29, 0.717) is 25.8 Å². The fraction of sp³-hybridized carbons (Fsp3) is 0.812. The van der Waals surface area contributed by atoms with E-state index >= 15 is 0 Å². The van der Waals surface area contributed by atoms with Crippen LogP contribution in [0.2, 0.25) is 0 Å². The van der Waals surface area contributed by atoms with Gasteiger partial charge in [0.2, 0.25) is 5.91 Å². The normalized spacial score (nSPS) is 19.5. The number of carbonyl (C=O) groups excluding carboxylic acids is 2. The van der Waals surface area contributed by atoms with E-state index in [4.69, 9.17) is 11.5 Å². The number of nitrogens with zero attached hydrogens (tertiary/aromatic N) is 2. The molecule has 0 saturated carbocycles. The number of carbonyl (C=O) groups is 2. The first-order valence-electron chi connectivity index (χ1n) is 8.72. The maximum atomic E-state index is 12.8. The zero-order valence-electron chi connectivity index (χ0n) is 14.5. The molecule has 0 aromatic carbocycles. The average Bonchev–Trinajstić information content (AvgIpc) is 3.07. The van der Waals surface area contributed by atoms with Crippen LogP contribution in [0.5, 0.6) is 0 Å². The monoisotopic (exact) mass is 341 g/mol. The van der Waals surface area contributed by atoms with Gasteiger partial charge in [-0.2, -0.15) is 0 Å². The third-order valence-corrected chi connectivity index (χ3v) is 4.18. The molecule has 138 valence electrons. The van der Waals surface area contributed by atoms with Crippen LogP contribution in [0.15, 0.2) is 4.99 Å². The molecule has 1 fully saturated rings. The van der Waals surface area contributed by atoms with Crippen molar-refractivity contribution in [1.82, 2.24) is 10.2 Å². The maximum absolute atomic E-state index is 12.8. The number of rotatable bonds is 11. The molecule has 0 radical (unpaired) electrons. The summed E-state index contributed by atoms with van der Waals surface area (Å²) in [6.07, 6.45) is 4.34. The van der Waals surface area contributed by atoms with Gasteiger partial charge in [-0.3, -0.25) is 9.79 Å². The highest BCUT2D eigenvalue weighted by Gasteiger charge is 2.32. The zero-order valence-corrected chi connectivity index (χ0v) is 14.5.